The van der Waals surface area contributed by atoms with Crippen LogP contribution in [0, 0.1) is 13.8 Å². The third kappa shape index (κ3) is 5.40. The molecule has 0 saturated heterocycles. The van der Waals surface area contributed by atoms with Crippen LogP contribution < -0.4 is 9.47 Å². The average molecular weight is 515 g/mol. The van der Waals surface area contributed by atoms with Gasteiger partial charge in [-0.2, -0.15) is 4.98 Å². The highest BCUT2D eigenvalue weighted by molar-refractivity contribution is 9.10. The monoisotopic (exact) mass is 514 g/mol. The Labute approximate surface area is 199 Å². The van der Waals surface area contributed by atoms with Crippen molar-refractivity contribution < 1.29 is 9.47 Å². The van der Waals surface area contributed by atoms with E-state index in [0.29, 0.717) is 18.2 Å². The summed E-state index contributed by atoms with van der Waals surface area (Å²) in [6.07, 6.45) is 0.981. The highest BCUT2D eigenvalue weighted by Gasteiger charge is 2.17. The minimum atomic E-state index is 0.612. The molecule has 2 aromatic carbocycles. The number of fused-ring (bicyclic) bond motifs is 1. The van der Waals surface area contributed by atoms with Gasteiger partial charge in [0.1, 0.15) is 22.2 Å². The van der Waals surface area contributed by atoms with Crippen LogP contribution in [0.3, 0.4) is 0 Å². The van der Waals surface area contributed by atoms with Gasteiger partial charge in [0, 0.05) is 14.2 Å². The highest BCUT2D eigenvalue weighted by Crippen LogP contribution is 2.37. The number of aryl methyl sites for hydroxylation is 2. The minimum absolute atomic E-state index is 0.612. The van der Waals surface area contributed by atoms with Crippen molar-refractivity contribution in [1.29, 1.82) is 0 Å². The van der Waals surface area contributed by atoms with Crippen molar-refractivity contribution in [3.8, 4) is 17.4 Å². The van der Waals surface area contributed by atoms with Gasteiger partial charge in [0.2, 0.25) is 5.88 Å². The van der Waals surface area contributed by atoms with Crippen LogP contribution in [-0.4, -0.2) is 16.6 Å². The number of rotatable bonds is 8. The molecule has 0 aliphatic carbocycles. The zero-order valence-electron chi connectivity index (χ0n) is 17.6. The standard InChI is InChI=1S/C24H23BrN2O2S2/c1-4-13-28-18-7-9-19(10-8-18)29-23-22-15(2)16(3)31-24(22)27-21(26-23)14-30-20-11-5-17(25)6-12-20/h5-12H,4,13-14H2,1-3H3. The fourth-order valence-corrected chi connectivity index (χ4v) is 5.06. The fourth-order valence-electron chi connectivity index (χ4n) is 3.01. The molecule has 4 rings (SSSR count). The van der Waals surface area contributed by atoms with Gasteiger partial charge < -0.3 is 9.47 Å². The van der Waals surface area contributed by atoms with E-state index in [1.807, 2.05) is 36.4 Å². The Morgan fingerprint density at radius 1 is 0.968 bits per heavy atom. The number of hydrogen-bond acceptors (Lipinski definition) is 6. The van der Waals surface area contributed by atoms with Gasteiger partial charge in [-0.3, -0.25) is 0 Å². The van der Waals surface area contributed by atoms with Crippen LogP contribution in [0.15, 0.2) is 57.9 Å². The molecule has 2 aromatic heterocycles. The Morgan fingerprint density at radius 2 is 1.68 bits per heavy atom. The van der Waals surface area contributed by atoms with Crippen molar-refractivity contribution in [1.82, 2.24) is 9.97 Å². The van der Waals surface area contributed by atoms with Gasteiger partial charge in [0.05, 0.1) is 17.7 Å². The second-order valence-corrected chi connectivity index (χ2v) is 10.2. The van der Waals surface area contributed by atoms with Crippen molar-refractivity contribution >= 4 is 49.2 Å². The van der Waals surface area contributed by atoms with Crippen LogP contribution in [0.1, 0.15) is 29.6 Å². The second kappa shape index (κ2) is 10.0. The number of hydrogen-bond donors (Lipinski definition) is 0. The summed E-state index contributed by atoms with van der Waals surface area (Å²) in [5.74, 6) is 3.63. The van der Waals surface area contributed by atoms with Crippen molar-refractivity contribution in [3.63, 3.8) is 0 Å². The second-order valence-electron chi connectivity index (χ2n) is 7.07. The molecule has 160 valence electrons. The molecule has 2 heterocycles. The van der Waals surface area contributed by atoms with E-state index < -0.39 is 0 Å². The lowest BCUT2D eigenvalue weighted by Crippen LogP contribution is -1.98. The number of halogens is 1. The number of thiophene rings is 1. The molecule has 31 heavy (non-hydrogen) atoms. The van der Waals surface area contributed by atoms with E-state index in [4.69, 9.17) is 19.4 Å². The van der Waals surface area contributed by atoms with Gasteiger partial charge in [0.25, 0.3) is 0 Å². The maximum absolute atomic E-state index is 6.24. The molecule has 0 unspecified atom stereocenters. The summed E-state index contributed by atoms with van der Waals surface area (Å²) in [4.78, 5) is 13.0. The molecule has 0 aliphatic rings. The Bertz CT molecular complexity index is 1180. The van der Waals surface area contributed by atoms with Gasteiger partial charge in [0.15, 0.2) is 0 Å². The minimum Gasteiger partial charge on any atom is -0.494 e. The first-order chi connectivity index (χ1) is 15.0. The van der Waals surface area contributed by atoms with Crippen LogP contribution in [0.5, 0.6) is 17.4 Å². The summed E-state index contributed by atoms with van der Waals surface area (Å²) < 4.78 is 13.0. The molecule has 0 aliphatic heterocycles. The molecule has 0 spiro atoms. The molecular formula is C24H23BrN2O2S2. The van der Waals surface area contributed by atoms with Crippen LogP contribution in [0.2, 0.25) is 0 Å². The quantitative estimate of drug-likeness (QED) is 0.223. The van der Waals surface area contributed by atoms with E-state index in [1.54, 1.807) is 23.1 Å². The summed E-state index contributed by atoms with van der Waals surface area (Å²) in [5, 5.41) is 0.992. The van der Waals surface area contributed by atoms with Gasteiger partial charge in [-0.15, -0.1) is 23.1 Å². The Balaban J connectivity index is 1.60. The first-order valence-corrected chi connectivity index (χ1v) is 12.7. The van der Waals surface area contributed by atoms with E-state index in [1.165, 1.54) is 15.3 Å². The van der Waals surface area contributed by atoms with Gasteiger partial charge >= 0.3 is 0 Å². The molecule has 4 nitrogen and oxygen atoms in total. The van der Waals surface area contributed by atoms with Gasteiger partial charge in [-0.1, -0.05) is 22.9 Å². The Kier molecular flexibility index (Phi) is 7.15. The van der Waals surface area contributed by atoms with Crippen molar-refractivity contribution in [2.75, 3.05) is 6.61 Å². The molecule has 0 N–H and O–H groups in total. The van der Waals surface area contributed by atoms with E-state index in [0.717, 1.165) is 38.4 Å². The van der Waals surface area contributed by atoms with Crippen LogP contribution >= 0.6 is 39.0 Å². The summed E-state index contributed by atoms with van der Waals surface area (Å²) in [6.45, 7) is 7.01. The van der Waals surface area contributed by atoms with Crippen molar-refractivity contribution in [2.45, 2.75) is 37.8 Å². The fraction of sp³-hybridized carbons (Fsp3) is 0.250. The highest BCUT2D eigenvalue weighted by atomic mass is 79.9. The first kappa shape index (κ1) is 22.1. The van der Waals surface area contributed by atoms with E-state index in [-0.39, 0.29) is 0 Å². The van der Waals surface area contributed by atoms with E-state index >= 15 is 0 Å². The van der Waals surface area contributed by atoms with E-state index in [2.05, 4.69) is 48.8 Å². The molecule has 0 fully saturated rings. The molecule has 0 radical (unpaired) electrons. The topological polar surface area (TPSA) is 44.2 Å². The number of aromatic nitrogens is 2. The predicted molar refractivity (Wildman–Crippen MR) is 133 cm³/mol. The van der Waals surface area contributed by atoms with Crippen LogP contribution in [0.4, 0.5) is 0 Å². The summed E-state index contributed by atoms with van der Waals surface area (Å²) in [5.41, 5.74) is 1.17. The van der Waals surface area contributed by atoms with Crippen molar-refractivity contribution in [2.24, 2.45) is 0 Å². The summed E-state index contributed by atoms with van der Waals surface area (Å²) in [7, 11) is 0. The molecule has 0 bridgehead atoms. The van der Waals surface area contributed by atoms with Crippen LogP contribution in [0.25, 0.3) is 10.2 Å². The van der Waals surface area contributed by atoms with E-state index in [9.17, 15) is 0 Å². The largest absolute Gasteiger partial charge is 0.494 e. The zero-order valence-corrected chi connectivity index (χ0v) is 20.9. The zero-order chi connectivity index (χ0) is 21.8. The lowest BCUT2D eigenvalue weighted by molar-refractivity contribution is 0.317. The molecule has 0 saturated carbocycles. The summed E-state index contributed by atoms with van der Waals surface area (Å²) in [6, 6.07) is 16.0. The number of nitrogens with zero attached hydrogens (tertiary/aromatic N) is 2. The SMILES string of the molecule is CCCOc1ccc(Oc2nc(CSc3ccc(Br)cc3)nc3sc(C)c(C)c23)cc1. The lowest BCUT2D eigenvalue weighted by atomic mass is 10.2. The Morgan fingerprint density at radius 3 is 2.39 bits per heavy atom. The van der Waals surface area contributed by atoms with Crippen molar-refractivity contribution in [3.05, 3.63) is 69.3 Å². The lowest BCUT2D eigenvalue weighted by Gasteiger charge is -2.10. The normalized spacial score (nSPS) is 11.1. The molecule has 0 amide bonds. The Hall–Kier alpha value is -2.09. The van der Waals surface area contributed by atoms with Gasteiger partial charge in [-0.25, -0.2) is 4.98 Å². The molecule has 7 heteroatoms. The maximum Gasteiger partial charge on any atom is 0.231 e. The van der Waals surface area contributed by atoms with Crippen LogP contribution in [-0.2, 0) is 5.75 Å². The van der Waals surface area contributed by atoms with Gasteiger partial charge in [-0.05, 0) is 74.4 Å². The average Bonchev–Trinajstić information content (AvgIpc) is 3.06. The smallest absolute Gasteiger partial charge is 0.231 e. The maximum atomic E-state index is 6.24. The number of benzene rings is 2. The molecule has 0 atom stereocenters. The molecular weight excluding hydrogens is 492 g/mol. The summed E-state index contributed by atoms with van der Waals surface area (Å²) >= 11 is 6.88. The number of ether oxygens (including phenoxy) is 2. The first-order valence-electron chi connectivity index (χ1n) is 10.1. The predicted octanol–water partition coefficient (Wildman–Crippen LogP) is 7.94. The third-order valence-corrected chi connectivity index (χ3v) is 7.37. The third-order valence-electron chi connectivity index (χ3n) is 4.73. The molecule has 4 aromatic rings. The number of thioether (sulfide) groups is 1.